The minimum atomic E-state index is -4.66. The first-order valence-electron chi connectivity index (χ1n) is 8.61. The van der Waals surface area contributed by atoms with Crippen molar-refractivity contribution < 1.29 is 18.0 Å². The van der Waals surface area contributed by atoms with Gasteiger partial charge >= 0.3 is 6.18 Å². The number of aldehydes is 1. The van der Waals surface area contributed by atoms with Crippen molar-refractivity contribution in [2.45, 2.75) is 19.1 Å². The van der Waals surface area contributed by atoms with Crippen molar-refractivity contribution in [1.82, 2.24) is 4.90 Å². The molecule has 2 aromatic rings. The van der Waals surface area contributed by atoms with Gasteiger partial charge in [-0.25, -0.2) is 0 Å². The molecule has 1 aliphatic heterocycles. The molecule has 0 aromatic heterocycles. The molecule has 0 saturated carbocycles. The minimum Gasteiger partial charge on any atom is -0.352 e. The van der Waals surface area contributed by atoms with E-state index in [0.29, 0.717) is 17.4 Å². The molecule has 0 fully saturated rings. The summed E-state index contributed by atoms with van der Waals surface area (Å²) >= 11 is 0. The fourth-order valence-electron chi connectivity index (χ4n) is 3.28. The number of carbonyl (C=O) groups is 1. The van der Waals surface area contributed by atoms with E-state index in [-0.39, 0.29) is 12.2 Å². The highest BCUT2D eigenvalue weighted by Gasteiger charge is 2.40. The molecule has 1 unspecified atom stereocenters. The molecule has 1 atom stereocenters. The molecule has 0 radical (unpaired) electrons. The summed E-state index contributed by atoms with van der Waals surface area (Å²) in [6.45, 7) is 1.54. The van der Waals surface area contributed by atoms with Crippen molar-refractivity contribution in [2.24, 2.45) is 0 Å². The van der Waals surface area contributed by atoms with Crippen molar-refractivity contribution in [1.29, 1.82) is 5.26 Å². The summed E-state index contributed by atoms with van der Waals surface area (Å²) in [7, 11) is 0. The largest absolute Gasteiger partial charge is 0.417 e. The van der Waals surface area contributed by atoms with E-state index >= 15 is 0 Å². The van der Waals surface area contributed by atoms with E-state index in [0.717, 1.165) is 11.6 Å². The van der Waals surface area contributed by atoms with Crippen molar-refractivity contribution in [3.63, 3.8) is 0 Å². The summed E-state index contributed by atoms with van der Waals surface area (Å²) in [6.07, 6.45) is -3.00. The van der Waals surface area contributed by atoms with Crippen molar-refractivity contribution in [3.8, 4) is 6.07 Å². The lowest BCUT2D eigenvalue weighted by atomic mass is 9.94. The van der Waals surface area contributed by atoms with Crippen LogP contribution < -0.4 is 0 Å². The summed E-state index contributed by atoms with van der Waals surface area (Å²) in [6, 6.07) is 16.7. The third-order valence-corrected chi connectivity index (χ3v) is 4.60. The first kappa shape index (κ1) is 19.4. The molecule has 3 rings (SSSR count). The number of benzene rings is 2. The van der Waals surface area contributed by atoms with E-state index in [1.54, 1.807) is 59.5 Å². The zero-order chi connectivity index (χ0) is 20.3. The Morgan fingerprint density at radius 3 is 2.43 bits per heavy atom. The highest BCUT2D eigenvalue weighted by atomic mass is 19.4. The molecule has 3 nitrogen and oxygen atoms in total. The second-order valence-electron chi connectivity index (χ2n) is 6.52. The van der Waals surface area contributed by atoms with Gasteiger partial charge in [-0.3, -0.25) is 0 Å². The molecule has 1 heterocycles. The van der Waals surface area contributed by atoms with Crippen molar-refractivity contribution >= 4 is 12.0 Å². The number of nitrogens with zero attached hydrogens (tertiary/aromatic N) is 2. The fraction of sp³-hybridized carbons (Fsp3) is 0.182. The number of allylic oxidation sites excluding steroid dienone is 2. The van der Waals surface area contributed by atoms with Crippen LogP contribution in [0.5, 0.6) is 0 Å². The minimum absolute atomic E-state index is 0.260. The molecule has 28 heavy (non-hydrogen) atoms. The van der Waals surface area contributed by atoms with Gasteiger partial charge < -0.3 is 9.69 Å². The van der Waals surface area contributed by atoms with Crippen LogP contribution in [0.4, 0.5) is 13.2 Å². The number of halogens is 3. The van der Waals surface area contributed by atoms with E-state index in [2.05, 4.69) is 0 Å². The highest BCUT2D eigenvalue weighted by molar-refractivity contribution is 5.75. The smallest absolute Gasteiger partial charge is 0.352 e. The molecular formula is C22H17F3N2O. The maximum Gasteiger partial charge on any atom is 0.417 e. The maximum atomic E-state index is 13.5. The SMILES string of the molecule is Cc1cccc(C2=CC(C(F)(F)F)=C(C#N)CN2C(C=O)c2ccccc2)c1. The van der Waals surface area contributed by atoms with Crippen LogP contribution in [0.25, 0.3) is 5.70 Å². The topological polar surface area (TPSA) is 44.1 Å². The van der Waals surface area contributed by atoms with E-state index in [1.165, 1.54) is 0 Å². The molecule has 1 aliphatic rings. The average molecular weight is 382 g/mol. The van der Waals surface area contributed by atoms with E-state index in [9.17, 15) is 23.2 Å². The van der Waals surface area contributed by atoms with Gasteiger partial charge in [0, 0.05) is 5.70 Å². The van der Waals surface area contributed by atoms with Gasteiger partial charge in [-0.1, -0.05) is 54.1 Å². The zero-order valence-corrected chi connectivity index (χ0v) is 15.1. The number of nitriles is 1. The summed E-state index contributed by atoms with van der Waals surface area (Å²) in [5, 5.41) is 9.32. The zero-order valence-electron chi connectivity index (χ0n) is 15.1. The normalized spacial score (nSPS) is 15.7. The van der Waals surface area contributed by atoms with E-state index in [4.69, 9.17) is 0 Å². The van der Waals surface area contributed by atoms with Crippen molar-refractivity contribution in [2.75, 3.05) is 6.54 Å². The Balaban J connectivity index is 2.19. The van der Waals surface area contributed by atoms with Gasteiger partial charge in [0.25, 0.3) is 0 Å². The third-order valence-electron chi connectivity index (χ3n) is 4.60. The lowest BCUT2D eigenvalue weighted by Crippen LogP contribution is -2.34. The highest BCUT2D eigenvalue weighted by Crippen LogP contribution is 2.40. The molecule has 6 heteroatoms. The Kier molecular flexibility index (Phi) is 5.36. The second kappa shape index (κ2) is 7.73. The van der Waals surface area contributed by atoms with Crippen LogP contribution in [0.2, 0.25) is 0 Å². The Bertz CT molecular complexity index is 985. The summed E-state index contributed by atoms with van der Waals surface area (Å²) in [5.41, 5.74) is 0.956. The number of hydrogen-bond acceptors (Lipinski definition) is 3. The molecule has 0 spiro atoms. The summed E-state index contributed by atoms with van der Waals surface area (Å²) in [4.78, 5) is 13.5. The first-order valence-corrected chi connectivity index (χ1v) is 8.61. The van der Waals surface area contributed by atoms with Crippen LogP contribution in [0.3, 0.4) is 0 Å². The van der Waals surface area contributed by atoms with Gasteiger partial charge in [-0.05, 0) is 30.2 Å². The lowest BCUT2D eigenvalue weighted by molar-refractivity contribution is -0.111. The maximum absolute atomic E-state index is 13.5. The quantitative estimate of drug-likeness (QED) is 0.701. The van der Waals surface area contributed by atoms with Crippen molar-refractivity contribution in [3.05, 3.63) is 88.5 Å². The summed E-state index contributed by atoms with van der Waals surface area (Å²) < 4.78 is 40.6. The van der Waals surface area contributed by atoms with Crippen LogP contribution in [-0.4, -0.2) is 23.9 Å². The predicted molar refractivity (Wildman–Crippen MR) is 99.8 cm³/mol. The third kappa shape index (κ3) is 3.84. The lowest BCUT2D eigenvalue weighted by Gasteiger charge is -2.36. The Hall–Kier alpha value is -3.33. The Labute approximate surface area is 161 Å². The van der Waals surface area contributed by atoms with E-state index in [1.807, 2.05) is 13.0 Å². The number of alkyl halides is 3. The molecule has 0 amide bonds. The summed E-state index contributed by atoms with van der Waals surface area (Å²) in [5.74, 6) is 0. The number of carbonyl (C=O) groups excluding carboxylic acids is 1. The molecule has 142 valence electrons. The molecule has 0 saturated heterocycles. The van der Waals surface area contributed by atoms with Gasteiger partial charge in [0.15, 0.2) is 0 Å². The van der Waals surface area contributed by atoms with Gasteiger partial charge in [0.05, 0.1) is 23.8 Å². The predicted octanol–water partition coefficient (Wildman–Crippen LogP) is 4.97. The molecule has 2 aromatic carbocycles. The second-order valence-corrected chi connectivity index (χ2v) is 6.52. The number of aryl methyl sites for hydroxylation is 1. The Morgan fingerprint density at radius 2 is 1.86 bits per heavy atom. The fourth-order valence-corrected chi connectivity index (χ4v) is 3.28. The molecule has 0 N–H and O–H groups in total. The monoisotopic (exact) mass is 382 g/mol. The molecular weight excluding hydrogens is 365 g/mol. The number of hydrogen-bond donors (Lipinski definition) is 0. The Morgan fingerprint density at radius 1 is 1.14 bits per heavy atom. The van der Waals surface area contributed by atoms with Crippen LogP contribution in [-0.2, 0) is 4.79 Å². The number of rotatable bonds is 4. The van der Waals surface area contributed by atoms with Crippen LogP contribution in [0, 0.1) is 18.3 Å². The average Bonchev–Trinajstić information content (AvgIpc) is 2.68. The van der Waals surface area contributed by atoms with Gasteiger partial charge in [0.1, 0.15) is 12.3 Å². The van der Waals surface area contributed by atoms with Crippen LogP contribution in [0.15, 0.2) is 71.8 Å². The standard InChI is InChI=1S/C22H17F3N2O/c1-15-6-5-9-17(10-15)20-11-19(22(23,24)25)18(12-26)13-27(20)21(14-28)16-7-3-2-4-8-16/h2-11,14,21H,13H2,1H3. The van der Waals surface area contributed by atoms with Gasteiger partial charge in [-0.2, -0.15) is 18.4 Å². The molecule has 0 bridgehead atoms. The van der Waals surface area contributed by atoms with Crippen LogP contribution in [0.1, 0.15) is 22.7 Å². The van der Waals surface area contributed by atoms with E-state index < -0.39 is 23.4 Å². The van der Waals surface area contributed by atoms with Crippen LogP contribution >= 0.6 is 0 Å². The first-order chi connectivity index (χ1) is 13.3. The van der Waals surface area contributed by atoms with Gasteiger partial charge in [-0.15, -0.1) is 0 Å². The van der Waals surface area contributed by atoms with Gasteiger partial charge in [0.2, 0.25) is 0 Å². The molecule has 0 aliphatic carbocycles.